The molecule has 1 aliphatic heterocycles. The highest BCUT2D eigenvalue weighted by Gasteiger charge is 2.37. The fraction of sp³-hybridized carbons (Fsp3) is 0.286. The summed E-state index contributed by atoms with van der Waals surface area (Å²) in [6, 6.07) is 13.8. The maximum Gasteiger partial charge on any atom is 0.242 e. The molecule has 146 valence electrons. The first-order chi connectivity index (χ1) is 13.5. The summed E-state index contributed by atoms with van der Waals surface area (Å²) in [6.45, 7) is 4.57. The molecule has 0 saturated carbocycles. The van der Waals surface area contributed by atoms with E-state index in [2.05, 4.69) is 39.1 Å². The topological polar surface area (TPSA) is 54.3 Å². The number of hydrogen-bond acceptors (Lipinski definition) is 5. The Labute approximate surface area is 178 Å². The van der Waals surface area contributed by atoms with Gasteiger partial charge in [-0.3, -0.25) is 9.69 Å². The molecule has 0 N–H and O–H groups in total. The number of rotatable bonds is 6. The lowest BCUT2D eigenvalue weighted by molar-refractivity contribution is -0.126. The van der Waals surface area contributed by atoms with Crippen LogP contribution in [0.3, 0.4) is 0 Å². The molecule has 0 radical (unpaired) electrons. The molecule has 2 aromatic carbocycles. The quantitative estimate of drug-likeness (QED) is 0.450. The van der Waals surface area contributed by atoms with Gasteiger partial charge >= 0.3 is 0 Å². The van der Waals surface area contributed by atoms with E-state index in [0.29, 0.717) is 17.5 Å². The molecule has 1 saturated heterocycles. The number of carbonyl (C=O) groups excluding carboxylic acids is 1. The summed E-state index contributed by atoms with van der Waals surface area (Å²) in [5.74, 6) is 0.801. The van der Waals surface area contributed by atoms with Gasteiger partial charge in [-0.05, 0) is 42.7 Å². The highest BCUT2D eigenvalue weighted by atomic mass is 79.9. The monoisotopic (exact) mass is 459 g/mol. The van der Waals surface area contributed by atoms with Gasteiger partial charge in [-0.1, -0.05) is 58.9 Å². The number of methoxy groups -OCH3 is 1. The second-order valence-electron chi connectivity index (χ2n) is 6.38. The number of ether oxygens (including phenoxy) is 1. The number of thioether (sulfide) groups is 1. The van der Waals surface area contributed by atoms with Gasteiger partial charge in [0, 0.05) is 10.0 Å². The molecule has 28 heavy (non-hydrogen) atoms. The number of hydrogen-bond donors (Lipinski definition) is 0. The van der Waals surface area contributed by atoms with Gasteiger partial charge in [-0.15, -0.1) is 5.10 Å². The Morgan fingerprint density at radius 2 is 2.07 bits per heavy atom. The smallest absolute Gasteiger partial charge is 0.242 e. The van der Waals surface area contributed by atoms with Gasteiger partial charge in [0.05, 0.1) is 25.1 Å². The van der Waals surface area contributed by atoms with Crippen LogP contribution in [-0.4, -0.2) is 34.5 Å². The molecule has 1 heterocycles. The summed E-state index contributed by atoms with van der Waals surface area (Å²) in [6.07, 6.45) is 2.41. The average Bonchev–Trinajstić information content (AvgIpc) is 2.99. The van der Waals surface area contributed by atoms with E-state index in [1.807, 2.05) is 43.3 Å². The predicted molar refractivity (Wildman–Crippen MR) is 119 cm³/mol. The number of halogens is 1. The molecule has 2 aromatic rings. The molecule has 3 rings (SSSR count). The van der Waals surface area contributed by atoms with Gasteiger partial charge in [0.25, 0.3) is 0 Å². The van der Waals surface area contributed by atoms with Crippen molar-refractivity contribution in [3.05, 3.63) is 63.6 Å². The third kappa shape index (κ3) is 4.64. The largest absolute Gasteiger partial charge is 0.496 e. The van der Waals surface area contributed by atoms with E-state index in [-0.39, 0.29) is 11.2 Å². The van der Waals surface area contributed by atoms with Crippen molar-refractivity contribution in [2.24, 2.45) is 10.2 Å². The van der Waals surface area contributed by atoms with Gasteiger partial charge in [-0.25, -0.2) is 0 Å². The molecule has 1 atom stereocenters. The van der Waals surface area contributed by atoms with E-state index in [0.717, 1.165) is 27.6 Å². The van der Waals surface area contributed by atoms with Crippen LogP contribution in [0.2, 0.25) is 0 Å². The third-order valence-electron chi connectivity index (χ3n) is 4.51. The molecule has 0 aromatic heterocycles. The van der Waals surface area contributed by atoms with Gasteiger partial charge in [0.15, 0.2) is 5.17 Å². The van der Waals surface area contributed by atoms with Crippen LogP contribution in [0.4, 0.5) is 0 Å². The SMILES string of the molecule is CCC1SC(=N/N=C/c2cc(Br)ccc2OC)N(Cc2ccccc2C)C1=O. The standard InChI is InChI=1S/C21H22BrN3O2S/c1-4-19-20(26)25(13-15-8-6-5-7-14(15)2)21(28-19)24-23-12-16-11-17(22)9-10-18(16)27-3/h5-12,19H,4,13H2,1-3H3/b23-12+,24-21?. The second kappa shape index (κ2) is 9.39. The van der Waals surface area contributed by atoms with E-state index < -0.39 is 0 Å². The van der Waals surface area contributed by atoms with Crippen LogP contribution in [0.15, 0.2) is 57.1 Å². The van der Waals surface area contributed by atoms with E-state index in [1.54, 1.807) is 18.2 Å². The predicted octanol–water partition coefficient (Wildman–Crippen LogP) is 5.01. The zero-order chi connectivity index (χ0) is 20.1. The van der Waals surface area contributed by atoms with Crippen LogP contribution in [0.5, 0.6) is 5.75 Å². The van der Waals surface area contributed by atoms with Gasteiger partial charge < -0.3 is 4.74 Å². The van der Waals surface area contributed by atoms with Crippen molar-refractivity contribution in [3.8, 4) is 5.75 Å². The summed E-state index contributed by atoms with van der Waals surface area (Å²) in [5, 5.41) is 9.12. The van der Waals surface area contributed by atoms with Gasteiger partial charge in [0.1, 0.15) is 5.75 Å². The van der Waals surface area contributed by atoms with Crippen molar-refractivity contribution in [3.63, 3.8) is 0 Å². The molecule has 7 heteroatoms. The second-order valence-corrected chi connectivity index (χ2v) is 8.46. The Kier molecular flexibility index (Phi) is 6.91. The van der Waals surface area contributed by atoms with Crippen molar-refractivity contribution in [1.82, 2.24) is 4.90 Å². The minimum atomic E-state index is -0.113. The fourth-order valence-corrected chi connectivity index (χ4v) is 4.30. The summed E-state index contributed by atoms with van der Waals surface area (Å²) in [4.78, 5) is 14.5. The summed E-state index contributed by atoms with van der Waals surface area (Å²) in [5.41, 5.74) is 3.08. The summed E-state index contributed by atoms with van der Waals surface area (Å²) < 4.78 is 6.29. The minimum absolute atomic E-state index is 0.0877. The number of benzene rings is 2. The average molecular weight is 460 g/mol. The molecular weight excluding hydrogens is 438 g/mol. The molecule has 1 unspecified atom stereocenters. The van der Waals surface area contributed by atoms with Crippen molar-refractivity contribution in [2.45, 2.75) is 32.1 Å². The molecule has 1 aliphatic rings. The number of aryl methyl sites for hydroxylation is 1. The van der Waals surface area contributed by atoms with Crippen LogP contribution in [-0.2, 0) is 11.3 Å². The Hall–Kier alpha value is -2.12. The lowest BCUT2D eigenvalue weighted by Gasteiger charge is -2.17. The summed E-state index contributed by atoms with van der Waals surface area (Å²) in [7, 11) is 1.62. The third-order valence-corrected chi connectivity index (χ3v) is 6.34. The van der Waals surface area contributed by atoms with Crippen molar-refractivity contribution >= 4 is 45.0 Å². The zero-order valence-corrected chi connectivity index (χ0v) is 18.5. The van der Waals surface area contributed by atoms with E-state index in [1.165, 1.54) is 11.8 Å². The van der Waals surface area contributed by atoms with E-state index in [4.69, 9.17) is 4.74 Å². The number of amidine groups is 1. The Morgan fingerprint density at radius 3 is 2.79 bits per heavy atom. The molecule has 0 spiro atoms. The van der Waals surface area contributed by atoms with E-state index >= 15 is 0 Å². The number of amides is 1. The molecular formula is C21H22BrN3O2S. The molecule has 0 aliphatic carbocycles. The highest BCUT2D eigenvalue weighted by Crippen LogP contribution is 2.31. The Balaban J connectivity index is 1.86. The first-order valence-electron chi connectivity index (χ1n) is 9.00. The van der Waals surface area contributed by atoms with Crippen LogP contribution < -0.4 is 4.74 Å². The lowest BCUT2D eigenvalue weighted by Crippen LogP contribution is -2.31. The normalized spacial score (nSPS) is 18.4. The van der Waals surface area contributed by atoms with Crippen LogP contribution in [0.25, 0.3) is 0 Å². The maximum atomic E-state index is 12.8. The van der Waals surface area contributed by atoms with Crippen molar-refractivity contribution < 1.29 is 9.53 Å². The highest BCUT2D eigenvalue weighted by molar-refractivity contribution is 9.10. The summed E-state index contributed by atoms with van der Waals surface area (Å²) >= 11 is 4.92. The van der Waals surface area contributed by atoms with Crippen molar-refractivity contribution in [1.29, 1.82) is 0 Å². The van der Waals surface area contributed by atoms with Crippen molar-refractivity contribution in [2.75, 3.05) is 7.11 Å². The van der Waals surface area contributed by atoms with Crippen LogP contribution >= 0.6 is 27.7 Å². The fourth-order valence-electron chi connectivity index (χ4n) is 2.89. The minimum Gasteiger partial charge on any atom is -0.496 e. The molecule has 1 amide bonds. The Morgan fingerprint density at radius 1 is 1.29 bits per heavy atom. The first-order valence-corrected chi connectivity index (χ1v) is 10.7. The zero-order valence-electron chi connectivity index (χ0n) is 16.1. The lowest BCUT2D eigenvalue weighted by atomic mass is 10.1. The van der Waals surface area contributed by atoms with Gasteiger partial charge in [-0.2, -0.15) is 5.10 Å². The molecule has 0 bridgehead atoms. The maximum absolute atomic E-state index is 12.8. The first kappa shape index (κ1) is 20.6. The van der Waals surface area contributed by atoms with Crippen LogP contribution in [0, 0.1) is 6.92 Å². The van der Waals surface area contributed by atoms with Gasteiger partial charge in [0.2, 0.25) is 5.91 Å². The number of nitrogens with zero attached hydrogens (tertiary/aromatic N) is 3. The van der Waals surface area contributed by atoms with Crippen LogP contribution in [0.1, 0.15) is 30.0 Å². The molecule has 5 nitrogen and oxygen atoms in total. The number of carbonyl (C=O) groups is 1. The van der Waals surface area contributed by atoms with E-state index in [9.17, 15) is 4.79 Å². The molecule has 1 fully saturated rings. The Bertz CT molecular complexity index is 930.